The number of halogens is 1. The van der Waals surface area contributed by atoms with Gasteiger partial charge in [0.1, 0.15) is 5.82 Å². The zero-order valence-corrected chi connectivity index (χ0v) is 10.9. The van der Waals surface area contributed by atoms with Crippen LogP contribution in [0.4, 0.5) is 15.8 Å². The number of nitrogens with two attached hydrogens (primary N) is 1. The van der Waals surface area contributed by atoms with Crippen molar-refractivity contribution in [1.82, 2.24) is 0 Å². The lowest BCUT2D eigenvalue weighted by molar-refractivity contribution is 0.0698. The molecule has 1 aromatic rings. The molecule has 0 saturated carbocycles. The van der Waals surface area contributed by atoms with Crippen LogP contribution in [0.3, 0.4) is 0 Å². The van der Waals surface area contributed by atoms with Crippen molar-refractivity contribution >= 4 is 17.3 Å². The van der Waals surface area contributed by atoms with E-state index >= 15 is 0 Å². The van der Waals surface area contributed by atoms with Gasteiger partial charge in [0.25, 0.3) is 0 Å². The molecule has 100 valence electrons. The van der Waals surface area contributed by atoms with Crippen LogP contribution in [0.1, 0.15) is 37.0 Å². The van der Waals surface area contributed by atoms with Crippen molar-refractivity contribution in [3.8, 4) is 0 Å². The maximum absolute atomic E-state index is 13.8. The Morgan fingerprint density at radius 2 is 2.17 bits per heavy atom. The summed E-state index contributed by atoms with van der Waals surface area (Å²) in [5, 5.41) is 8.98. The van der Waals surface area contributed by atoms with Crippen LogP contribution in [0.25, 0.3) is 0 Å². The Kier molecular flexibility index (Phi) is 4.53. The summed E-state index contributed by atoms with van der Waals surface area (Å²) in [6.07, 6.45) is 1.89. The normalized spacial score (nSPS) is 12.2. The highest BCUT2D eigenvalue weighted by atomic mass is 19.1. The van der Waals surface area contributed by atoms with E-state index in [0.29, 0.717) is 0 Å². The van der Waals surface area contributed by atoms with Crippen molar-refractivity contribution in [1.29, 1.82) is 0 Å². The Morgan fingerprint density at radius 1 is 1.56 bits per heavy atom. The number of anilines is 2. The van der Waals surface area contributed by atoms with Crippen molar-refractivity contribution in [2.45, 2.75) is 32.7 Å². The SMILES string of the molecule is CCCC(C)N(C)c1cc(C(=O)O)c(N)cc1F. The van der Waals surface area contributed by atoms with Crippen molar-refractivity contribution in [2.24, 2.45) is 0 Å². The molecular weight excluding hydrogens is 235 g/mol. The molecule has 0 radical (unpaired) electrons. The molecule has 0 bridgehead atoms. The highest BCUT2D eigenvalue weighted by molar-refractivity contribution is 5.95. The van der Waals surface area contributed by atoms with E-state index in [1.165, 1.54) is 6.07 Å². The summed E-state index contributed by atoms with van der Waals surface area (Å²) in [6, 6.07) is 2.49. The number of carbonyl (C=O) groups is 1. The number of aromatic carboxylic acids is 1. The molecule has 1 aromatic carbocycles. The third kappa shape index (κ3) is 2.91. The van der Waals surface area contributed by atoms with E-state index in [0.717, 1.165) is 18.9 Å². The zero-order chi connectivity index (χ0) is 13.9. The van der Waals surface area contributed by atoms with Crippen LogP contribution in [0.2, 0.25) is 0 Å². The molecule has 4 nitrogen and oxygen atoms in total. The van der Waals surface area contributed by atoms with Crippen LogP contribution >= 0.6 is 0 Å². The number of hydrogen-bond acceptors (Lipinski definition) is 3. The minimum atomic E-state index is -1.15. The highest BCUT2D eigenvalue weighted by Crippen LogP contribution is 2.26. The molecule has 0 saturated heterocycles. The molecule has 18 heavy (non-hydrogen) atoms. The molecule has 0 fully saturated rings. The van der Waals surface area contributed by atoms with Gasteiger partial charge >= 0.3 is 5.97 Å². The lowest BCUT2D eigenvalue weighted by Gasteiger charge is -2.27. The third-order valence-corrected chi connectivity index (χ3v) is 3.10. The van der Waals surface area contributed by atoms with E-state index in [1.807, 2.05) is 13.8 Å². The summed E-state index contributed by atoms with van der Waals surface area (Å²) in [5.74, 6) is -1.65. The molecule has 1 rings (SSSR count). The second-order valence-corrected chi connectivity index (χ2v) is 4.44. The zero-order valence-electron chi connectivity index (χ0n) is 10.9. The van der Waals surface area contributed by atoms with E-state index < -0.39 is 11.8 Å². The Hall–Kier alpha value is -1.78. The summed E-state index contributed by atoms with van der Waals surface area (Å²) in [6.45, 7) is 4.02. The van der Waals surface area contributed by atoms with Crippen molar-refractivity contribution in [3.05, 3.63) is 23.5 Å². The Balaban J connectivity index is 3.15. The van der Waals surface area contributed by atoms with Gasteiger partial charge in [0.15, 0.2) is 0 Å². The molecule has 3 N–H and O–H groups in total. The monoisotopic (exact) mass is 254 g/mol. The Morgan fingerprint density at radius 3 is 2.67 bits per heavy atom. The molecule has 0 aromatic heterocycles. The molecule has 0 amide bonds. The van der Waals surface area contributed by atoms with Crippen LogP contribution in [-0.2, 0) is 0 Å². The lowest BCUT2D eigenvalue weighted by Crippen LogP contribution is -2.29. The Bertz CT molecular complexity index is 449. The van der Waals surface area contributed by atoms with Gasteiger partial charge in [-0.25, -0.2) is 9.18 Å². The van der Waals surface area contributed by atoms with E-state index in [4.69, 9.17) is 10.8 Å². The standard InChI is InChI=1S/C13H19FN2O2/c1-4-5-8(2)16(3)12-6-9(13(17)18)11(15)7-10(12)14/h6-8H,4-5,15H2,1-3H3,(H,17,18). The topological polar surface area (TPSA) is 66.6 Å². The minimum Gasteiger partial charge on any atom is -0.478 e. The first-order valence-corrected chi connectivity index (χ1v) is 5.93. The summed E-state index contributed by atoms with van der Waals surface area (Å²) in [7, 11) is 1.75. The molecule has 5 heteroatoms. The number of carboxylic acid groups (broad SMARTS) is 1. The van der Waals surface area contributed by atoms with Gasteiger partial charge in [0, 0.05) is 18.8 Å². The molecule has 1 unspecified atom stereocenters. The van der Waals surface area contributed by atoms with Crippen molar-refractivity contribution < 1.29 is 14.3 Å². The van der Waals surface area contributed by atoms with Gasteiger partial charge in [-0.2, -0.15) is 0 Å². The van der Waals surface area contributed by atoms with Gasteiger partial charge in [-0.05, 0) is 25.5 Å². The predicted molar refractivity (Wildman–Crippen MR) is 70.5 cm³/mol. The minimum absolute atomic E-state index is 0.0553. The maximum Gasteiger partial charge on any atom is 0.337 e. The van der Waals surface area contributed by atoms with Gasteiger partial charge in [0.2, 0.25) is 0 Å². The second kappa shape index (κ2) is 5.71. The van der Waals surface area contributed by atoms with Crippen LogP contribution in [0, 0.1) is 5.82 Å². The number of carboxylic acids is 1. The number of benzene rings is 1. The van der Waals surface area contributed by atoms with E-state index in [2.05, 4.69) is 0 Å². The average Bonchev–Trinajstić information content (AvgIpc) is 2.28. The molecule has 0 aliphatic carbocycles. The fourth-order valence-corrected chi connectivity index (χ4v) is 1.88. The quantitative estimate of drug-likeness (QED) is 0.793. The number of nitrogen functional groups attached to an aromatic ring is 1. The number of rotatable bonds is 5. The van der Waals surface area contributed by atoms with Gasteiger partial charge < -0.3 is 15.7 Å². The third-order valence-electron chi connectivity index (χ3n) is 3.10. The molecule has 1 atom stereocenters. The Labute approximate surface area is 106 Å². The van der Waals surface area contributed by atoms with Crippen LogP contribution in [0.15, 0.2) is 12.1 Å². The smallest absolute Gasteiger partial charge is 0.337 e. The number of nitrogens with zero attached hydrogens (tertiary/aromatic N) is 1. The molecule has 0 heterocycles. The maximum atomic E-state index is 13.8. The predicted octanol–water partition coefficient (Wildman–Crippen LogP) is 2.73. The molecular formula is C13H19FN2O2. The molecule has 0 aliphatic rings. The van der Waals surface area contributed by atoms with Crippen molar-refractivity contribution in [3.63, 3.8) is 0 Å². The summed E-state index contributed by atoms with van der Waals surface area (Å²) in [5.41, 5.74) is 5.63. The van der Waals surface area contributed by atoms with Crippen LogP contribution in [0.5, 0.6) is 0 Å². The number of hydrogen-bond donors (Lipinski definition) is 2. The average molecular weight is 254 g/mol. The fourth-order valence-electron chi connectivity index (χ4n) is 1.88. The first-order valence-electron chi connectivity index (χ1n) is 5.93. The van der Waals surface area contributed by atoms with Crippen LogP contribution < -0.4 is 10.6 Å². The van der Waals surface area contributed by atoms with Gasteiger partial charge in [0.05, 0.1) is 11.3 Å². The fraction of sp³-hybridized carbons (Fsp3) is 0.462. The van der Waals surface area contributed by atoms with Gasteiger partial charge in [-0.1, -0.05) is 13.3 Å². The second-order valence-electron chi connectivity index (χ2n) is 4.44. The largest absolute Gasteiger partial charge is 0.478 e. The van der Waals surface area contributed by atoms with E-state index in [9.17, 15) is 9.18 Å². The first-order chi connectivity index (χ1) is 8.38. The van der Waals surface area contributed by atoms with Gasteiger partial charge in [-0.15, -0.1) is 0 Å². The molecule has 0 spiro atoms. The lowest BCUT2D eigenvalue weighted by atomic mass is 10.1. The molecule has 0 aliphatic heterocycles. The van der Waals surface area contributed by atoms with Crippen LogP contribution in [-0.4, -0.2) is 24.2 Å². The van der Waals surface area contributed by atoms with Gasteiger partial charge in [-0.3, -0.25) is 0 Å². The first kappa shape index (κ1) is 14.3. The van der Waals surface area contributed by atoms with E-state index in [1.54, 1.807) is 11.9 Å². The van der Waals surface area contributed by atoms with Crippen molar-refractivity contribution in [2.75, 3.05) is 17.7 Å². The highest BCUT2D eigenvalue weighted by Gasteiger charge is 2.18. The summed E-state index contributed by atoms with van der Waals surface area (Å²) >= 11 is 0. The van der Waals surface area contributed by atoms with E-state index in [-0.39, 0.29) is 23.0 Å². The summed E-state index contributed by atoms with van der Waals surface area (Å²) in [4.78, 5) is 12.7. The summed E-state index contributed by atoms with van der Waals surface area (Å²) < 4.78 is 13.8.